The minimum atomic E-state index is -3.70. The molecular weight excluding hydrogens is 476 g/mol. The van der Waals surface area contributed by atoms with Crippen LogP contribution < -0.4 is 0 Å². The lowest BCUT2D eigenvalue weighted by atomic mass is 10.0. The third-order valence-corrected chi connectivity index (χ3v) is 4.43. The first-order valence-corrected chi connectivity index (χ1v) is 10.7. The molecule has 0 aromatic carbocycles. The first-order valence-electron chi connectivity index (χ1n) is 10.7. The number of halogens is 4. The van der Waals surface area contributed by atoms with E-state index in [1.165, 1.54) is 30.4 Å². The fourth-order valence-corrected chi connectivity index (χ4v) is 2.10. The highest BCUT2D eigenvalue weighted by Gasteiger charge is 2.34. The van der Waals surface area contributed by atoms with E-state index in [1.54, 1.807) is 6.92 Å². The molecule has 0 heterocycles. The van der Waals surface area contributed by atoms with Crippen molar-refractivity contribution < 1.29 is 22.3 Å². The van der Waals surface area contributed by atoms with Crippen molar-refractivity contribution in [3.63, 3.8) is 0 Å². The molecule has 0 atom stereocenters. The topological polar surface area (TPSA) is 9.23 Å². The quantitative estimate of drug-likeness (QED) is 0.114. The van der Waals surface area contributed by atoms with E-state index in [9.17, 15) is 17.6 Å². The maximum Gasteiger partial charge on any atom is 0.426 e. The monoisotopic (exact) mass is 508 g/mol. The Balaban J connectivity index is 5.17. The highest BCUT2D eigenvalue weighted by molar-refractivity contribution is 5.54. The molecule has 5 heteroatoms. The first kappa shape index (κ1) is 32.6. The van der Waals surface area contributed by atoms with E-state index in [-0.39, 0.29) is 28.1 Å². The molecular formula is C32H32F4O. The van der Waals surface area contributed by atoms with Crippen molar-refractivity contribution in [2.75, 3.05) is 0 Å². The highest BCUT2D eigenvalue weighted by Crippen LogP contribution is 2.29. The zero-order chi connectivity index (χ0) is 28.9. The van der Waals surface area contributed by atoms with Crippen LogP contribution in [0, 0.1) is 0 Å². The molecule has 0 rings (SSSR count). The molecule has 0 fully saturated rings. The van der Waals surface area contributed by atoms with E-state index in [0.717, 1.165) is 24.3 Å². The normalized spacial score (nSPS) is 12.2. The lowest BCUT2D eigenvalue weighted by Crippen LogP contribution is -2.21. The van der Waals surface area contributed by atoms with Gasteiger partial charge in [0.2, 0.25) is 0 Å². The minimum Gasteiger partial charge on any atom is -0.430 e. The molecule has 0 aliphatic rings. The van der Waals surface area contributed by atoms with E-state index in [0.29, 0.717) is 16.7 Å². The summed E-state index contributed by atoms with van der Waals surface area (Å²) in [6, 6.07) is 0. The van der Waals surface area contributed by atoms with Crippen LogP contribution in [0.15, 0.2) is 182 Å². The molecule has 194 valence electrons. The maximum atomic E-state index is 14.7. The van der Waals surface area contributed by atoms with Crippen LogP contribution >= 0.6 is 0 Å². The third kappa shape index (κ3) is 12.8. The summed E-state index contributed by atoms with van der Waals surface area (Å²) < 4.78 is 60.2. The van der Waals surface area contributed by atoms with Crippen LogP contribution in [0.4, 0.5) is 17.6 Å². The number of rotatable bonds is 16. The van der Waals surface area contributed by atoms with Gasteiger partial charge >= 0.3 is 6.11 Å². The summed E-state index contributed by atoms with van der Waals surface area (Å²) in [7, 11) is 0. The number of ether oxygens (including phenoxy) is 1. The molecule has 0 aliphatic carbocycles. The summed E-state index contributed by atoms with van der Waals surface area (Å²) in [5.41, 5.74) is 1.42. The van der Waals surface area contributed by atoms with Crippen molar-refractivity contribution >= 4 is 0 Å². The molecule has 1 nitrogen and oxygen atoms in total. The molecule has 0 radical (unpaired) electrons. The molecule has 0 aromatic rings. The molecule has 0 saturated heterocycles. The predicted molar refractivity (Wildman–Crippen MR) is 150 cm³/mol. The number of hydrogen-bond acceptors (Lipinski definition) is 1. The molecule has 0 N–H and O–H groups in total. The smallest absolute Gasteiger partial charge is 0.426 e. The predicted octanol–water partition coefficient (Wildman–Crippen LogP) is 10.1. The van der Waals surface area contributed by atoms with Gasteiger partial charge in [-0.1, -0.05) is 102 Å². The molecule has 0 saturated carbocycles. The van der Waals surface area contributed by atoms with Crippen LogP contribution in [-0.4, -0.2) is 6.11 Å². The van der Waals surface area contributed by atoms with Crippen molar-refractivity contribution in [1.82, 2.24) is 0 Å². The number of alkyl halides is 2. The van der Waals surface area contributed by atoms with Gasteiger partial charge < -0.3 is 4.74 Å². The van der Waals surface area contributed by atoms with Crippen LogP contribution in [0.5, 0.6) is 0 Å². The van der Waals surface area contributed by atoms with E-state index in [4.69, 9.17) is 0 Å². The molecule has 0 aromatic heterocycles. The van der Waals surface area contributed by atoms with Gasteiger partial charge in [0, 0.05) is 5.57 Å². The van der Waals surface area contributed by atoms with Gasteiger partial charge in [0.25, 0.3) is 0 Å². The Morgan fingerprint density at radius 2 is 1.05 bits per heavy atom. The second-order valence-corrected chi connectivity index (χ2v) is 7.83. The zero-order valence-corrected chi connectivity index (χ0v) is 21.2. The highest BCUT2D eigenvalue weighted by atomic mass is 19.3. The van der Waals surface area contributed by atoms with Gasteiger partial charge in [-0.25, -0.2) is 8.78 Å². The lowest BCUT2D eigenvalue weighted by molar-refractivity contribution is -0.175. The zero-order valence-electron chi connectivity index (χ0n) is 21.2. The SMILES string of the molecule is C=C(C)/C=C\C(=C)C(F)(F)OC(=C)/C=C\C(=C)C(=C)/C=C(/F)C(=C)C(=C)/C=C\C(=C)C(=C)/C=C\C(=C)F. The summed E-state index contributed by atoms with van der Waals surface area (Å²) in [5.74, 6) is -1.75. The van der Waals surface area contributed by atoms with Gasteiger partial charge in [-0.15, -0.1) is 0 Å². The Morgan fingerprint density at radius 1 is 0.595 bits per heavy atom. The fourth-order valence-electron chi connectivity index (χ4n) is 2.10. The van der Waals surface area contributed by atoms with Crippen LogP contribution in [0.3, 0.4) is 0 Å². The third-order valence-electron chi connectivity index (χ3n) is 4.43. The second-order valence-electron chi connectivity index (χ2n) is 7.83. The van der Waals surface area contributed by atoms with Crippen molar-refractivity contribution in [1.29, 1.82) is 0 Å². The van der Waals surface area contributed by atoms with Crippen molar-refractivity contribution in [3.8, 4) is 0 Å². The van der Waals surface area contributed by atoms with Crippen LogP contribution in [0.25, 0.3) is 0 Å². The second kappa shape index (κ2) is 14.9. The summed E-state index contributed by atoms with van der Waals surface area (Å²) in [4.78, 5) is 0. The molecule has 0 unspecified atom stereocenters. The van der Waals surface area contributed by atoms with Crippen molar-refractivity contribution in [3.05, 3.63) is 182 Å². The average Bonchev–Trinajstić information content (AvgIpc) is 2.81. The molecule has 37 heavy (non-hydrogen) atoms. The molecule has 0 bridgehead atoms. The maximum absolute atomic E-state index is 14.7. The van der Waals surface area contributed by atoms with Gasteiger partial charge in [0.1, 0.15) is 17.4 Å². The van der Waals surface area contributed by atoms with E-state index in [1.807, 2.05) is 0 Å². The Morgan fingerprint density at radius 3 is 1.57 bits per heavy atom. The summed E-state index contributed by atoms with van der Waals surface area (Å²) in [6.07, 6.45) is 7.81. The Bertz CT molecular complexity index is 1210. The molecule has 0 spiro atoms. The Kier molecular flexibility index (Phi) is 13.1. The molecule has 0 aliphatic heterocycles. The van der Waals surface area contributed by atoms with Crippen LogP contribution in [0.2, 0.25) is 0 Å². The van der Waals surface area contributed by atoms with Gasteiger partial charge in [-0.3, -0.25) is 0 Å². The van der Waals surface area contributed by atoms with Gasteiger partial charge in [-0.05, 0) is 59.1 Å². The standard InChI is InChI=1S/C32H32F4O/c1-21(2)12-17-27(8)32(35,36)37-29(10)19-16-24(5)26(7)20-31(34)30(11)25(6)14-13-22(3)23(4)15-18-28(9)33/h12-20H,1,3-11H2,2H3/b14-13-,17-12-,18-15-,19-16-,31-20+. The Labute approximate surface area is 217 Å². The number of hydrogen-bond donors (Lipinski definition) is 0. The largest absolute Gasteiger partial charge is 0.430 e. The van der Waals surface area contributed by atoms with Crippen LogP contribution in [-0.2, 0) is 4.74 Å². The van der Waals surface area contributed by atoms with Crippen molar-refractivity contribution in [2.24, 2.45) is 0 Å². The van der Waals surface area contributed by atoms with E-state index < -0.39 is 23.3 Å². The van der Waals surface area contributed by atoms with Crippen LogP contribution in [0.1, 0.15) is 6.92 Å². The van der Waals surface area contributed by atoms with Crippen molar-refractivity contribution in [2.45, 2.75) is 13.0 Å². The number of allylic oxidation sites excluding steroid dienone is 17. The van der Waals surface area contributed by atoms with E-state index >= 15 is 0 Å². The lowest BCUT2D eigenvalue weighted by Gasteiger charge is -2.18. The van der Waals surface area contributed by atoms with Gasteiger partial charge in [0.15, 0.2) is 0 Å². The van der Waals surface area contributed by atoms with Gasteiger partial charge in [0.05, 0.1) is 5.57 Å². The first-order chi connectivity index (χ1) is 17.0. The van der Waals surface area contributed by atoms with E-state index in [2.05, 4.69) is 70.5 Å². The average molecular weight is 509 g/mol. The fraction of sp³-hybridized carbons (Fsp3) is 0.0625. The molecule has 0 amide bonds. The minimum absolute atomic E-state index is 0.0333. The summed E-state index contributed by atoms with van der Waals surface area (Å²) in [6.45, 7) is 37.4. The summed E-state index contributed by atoms with van der Waals surface area (Å²) in [5, 5.41) is 0. The summed E-state index contributed by atoms with van der Waals surface area (Å²) >= 11 is 0. The Hall–Kier alpha value is -4.38. The van der Waals surface area contributed by atoms with Gasteiger partial charge in [-0.2, -0.15) is 8.78 Å².